The van der Waals surface area contributed by atoms with Gasteiger partial charge in [-0.05, 0) is 29.8 Å². The second-order valence-electron chi connectivity index (χ2n) is 5.11. The molecule has 0 aliphatic heterocycles. The number of hydrogen-bond acceptors (Lipinski definition) is 6. The molecule has 6 heteroatoms. The van der Waals surface area contributed by atoms with E-state index in [1.165, 1.54) is 0 Å². The molecule has 0 saturated carbocycles. The molecule has 0 aliphatic carbocycles. The van der Waals surface area contributed by atoms with Gasteiger partial charge in [-0.25, -0.2) is 0 Å². The van der Waals surface area contributed by atoms with Crippen LogP contribution in [0.4, 0.5) is 0 Å². The van der Waals surface area contributed by atoms with Crippen molar-refractivity contribution in [1.82, 2.24) is 10.1 Å². The van der Waals surface area contributed by atoms with E-state index in [1.807, 2.05) is 42.5 Å². The summed E-state index contributed by atoms with van der Waals surface area (Å²) in [7, 11) is 4.84. The first-order valence-corrected chi connectivity index (χ1v) is 7.41. The Morgan fingerprint density at radius 3 is 2.50 bits per heavy atom. The molecule has 0 atom stereocenters. The van der Waals surface area contributed by atoms with Gasteiger partial charge in [0.1, 0.15) is 5.75 Å². The number of benzene rings is 2. The lowest BCUT2D eigenvalue weighted by Crippen LogP contribution is -1.94. The first-order chi connectivity index (χ1) is 11.7. The molecule has 0 saturated heterocycles. The summed E-state index contributed by atoms with van der Waals surface area (Å²) in [5.74, 6) is 3.16. The molecule has 6 nitrogen and oxygen atoms in total. The first-order valence-electron chi connectivity index (χ1n) is 7.41. The van der Waals surface area contributed by atoms with Crippen LogP contribution in [0.15, 0.2) is 47.0 Å². The van der Waals surface area contributed by atoms with Crippen LogP contribution in [0, 0.1) is 0 Å². The number of ether oxygens (including phenoxy) is 3. The number of nitrogens with zero attached hydrogens (tertiary/aromatic N) is 2. The minimum atomic E-state index is 0.511. The Labute approximate surface area is 140 Å². The molecule has 1 aromatic heterocycles. The summed E-state index contributed by atoms with van der Waals surface area (Å²) in [5, 5.41) is 4.04. The number of hydrogen-bond donors (Lipinski definition) is 0. The minimum Gasteiger partial charge on any atom is -0.497 e. The third-order valence-corrected chi connectivity index (χ3v) is 3.60. The average molecular weight is 326 g/mol. The molecule has 0 bridgehead atoms. The van der Waals surface area contributed by atoms with Gasteiger partial charge in [-0.3, -0.25) is 0 Å². The molecule has 24 heavy (non-hydrogen) atoms. The molecule has 0 unspecified atom stereocenters. The molecule has 0 radical (unpaired) electrons. The topological polar surface area (TPSA) is 66.6 Å². The highest BCUT2D eigenvalue weighted by molar-refractivity contribution is 5.56. The molecular formula is C18H18N2O4. The Balaban J connectivity index is 1.81. The summed E-state index contributed by atoms with van der Waals surface area (Å²) in [5.41, 5.74) is 1.84. The van der Waals surface area contributed by atoms with Crippen molar-refractivity contribution in [3.8, 4) is 28.6 Å². The maximum atomic E-state index is 5.35. The average Bonchev–Trinajstić information content (AvgIpc) is 3.10. The van der Waals surface area contributed by atoms with Gasteiger partial charge in [0.05, 0.1) is 27.8 Å². The fraction of sp³-hybridized carbons (Fsp3) is 0.222. The van der Waals surface area contributed by atoms with E-state index in [4.69, 9.17) is 18.7 Å². The third-order valence-electron chi connectivity index (χ3n) is 3.60. The van der Waals surface area contributed by atoms with Gasteiger partial charge in [0.2, 0.25) is 11.7 Å². The van der Waals surface area contributed by atoms with Crippen LogP contribution in [0.3, 0.4) is 0 Å². The van der Waals surface area contributed by atoms with E-state index >= 15 is 0 Å². The Hall–Kier alpha value is -3.02. The van der Waals surface area contributed by atoms with Crippen LogP contribution < -0.4 is 14.2 Å². The third kappa shape index (κ3) is 3.32. The summed E-state index contributed by atoms with van der Waals surface area (Å²) in [4.78, 5) is 4.44. The zero-order valence-electron chi connectivity index (χ0n) is 13.8. The monoisotopic (exact) mass is 326 g/mol. The van der Waals surface area contributed by atoms with E-state index in [9.17, 15) is 0 Å². The van der Waals surface area contributed by atoms with Gasteiger partial charge in [0, 0.05) is 5.56 Å². The van der Waals surface area contributed by atoms with Crippen molar-refractivity contribution >= 4 is 0 Å². The van der Waals surface area contributed by atoms with Crippen LogP contribution in [-0.4, -0.2) is 31.5 Å². The SMILES string of the molecule is COc1cccc(-c2noc(Cc3ccc(OC)c(OC)c3)n2)c1. The van der Waals surface area contributed by atoms with Crippen LogP contribution in [-0.2, 0) is 6.42 Å². The number of methoxy groups -OCH3 is 3. The van der Waals surface area contributed by atoms with Crippen molar-refractivity contribution in [2.24, 2.45) is 0 Å². The lowest BCUT2D eigenvalue weighted by Gasteiger charge is -2.08. The molecule has 0 fully saturated rings. The van der Waals surface area contributed by atoms with E-state index in [0.29, 0.717) is 29.6 Å². The maximum absolute atomic E-state index is 5.35. The standard InChI is InChI=1S/C18H18N2O4/c1-21-14-6-4-5-13(11-14)18-19-17(24-20-18)10-12-7-8-15(22-2)16(9-12)23-3/h4-9,11H,10H2,1-3H3. The van der Waals surface area contributed by atoms with Crippen LogP contribution in [0.25, 0.3) is 11.4 Å². The fourth-order valence-corrected chi connectivity index (χ4v) is 2.37. The van der Waals surface area contributed by atoms with Crippen molar-refractivity contribution in [2.75, 3.05) is 21.3 Å². The number of rotatable bonds is 6. The van der Waals surface area contributed by atoms with E-state index < -0.39 is 0 Å². The summed E-state index contributed by atoms with van der Waals surface area (Å²) >= 11 is 0. The van der Waals surface area contributed by atoms with Crippen molar-refractivity contribution in [2.45, 2.75) is 6.42 Å². The van der Waals surface area contributed by atoms with Crippen LogP contribution in [0.5, 0.6) is 17.2 Å². The normalized spacial score (nSPS) is 10.5. The van der Waals surface area contributed by atoms with Crippen molar-refractivity contribution in [1.29, 1.82) is 0 Å². The van der Waals surface area contributed by atoms with Gasteiger partial charge in [-0.1, -0.05) is 23.4 Å². The second kappa shape index (κ2) is 7.04. The molecular weight excluding hydrogens is 308 g/mol. The van der Waals surface area contributed by atoms with Gasteiger partial charge < -0.3 is 18.7 Å². The van der Waals surface area contributed by atoms with E-state index in [1.54, 1.807) is 21.3 Å². The molecule has 0 aliphatic rings. The van der Waals surface area contributed by atoms with Gasteiger partial charge in [0.15, 0.2) is 11.5 Å². The van der Waals surface area contributed by atoms with Crippen LogP contribution in [0.2, 0.25) is 0 Å². The maximum Gasteiger partial charge on any atom is 0.231 e. The Morgan fingerprint density at radius 2 is 1.75 bits per heavy atom. The molecule has 0 N–H and O–H groups in total. The number of aromatic nitrogens is 2. The summed E-state index contributed by atoms with van der Waals surface area (Å²) in [6.07, 6.45) is 0.511. The largest absolute Gasteiger partial charge is 0.497 e. The quantitative estimate of drug-likeness (QED) is 0.692. The highest BCUT2D eigenvalue weighted by atomic mass is 16.5. The predicted octanol–water partition coefficient (Wildman–Crippen LogP) is 3.35. The second-order valence-corrected chi connectivity index (χ2v) is 5.11. The molecule has 0 amide bonds. The fourth-order valence-electron chi connectivity index (χ4n) is 2.37. The minimum absolute atomic E-state index is 0.511. The van der Waals surface area contributed by atoms with Gasteiger partial charge in [-0.15, -0.1) is 0 Å². The highest BCUT2D eigenvalue weighted by Gasteiger charge is 2.12. The predicted molar refractivity (Wildman–Crippen MR) is 88.6 cm³/mol. The summed E-state index contributed by atoms with van der Waals surface area (Å²) in [6, 6.07) is 13.2. The molecule has 0 spiro atoms. The van der Waals surface area contributed by atoms with Crippen molar-refractivity contribution in [3.63, 3.8) is 0 Å². The van der Waals surface area contributed by atoms with Crippen molar-refractivity contribution < 1.29 is 18.7 Å². The molecule has 3 rings (SSSR count). The summed E-state index contributed by atoms with van der Waals surface area (Å²) < 4.78 is 21.1. The summed E-state index contributed by atoms with van der Waals surface area (Å²) in [6.45, 7) is 0. The Bertz CT molecular complexity index is 829. The lowest BCUT2D eigenvalue weighted by molar-refractivity contribution is 0.354. The highest BCUT2D eigenvalue weighted by Crippen LogP contribution is 2.28. The first kappa shape index (κ1) is 15.9. The molecule has 124 valence electrons. The Kier molecular flexibility index (Phi) is 4.65. The van der Waals surface area contributed by atoms with Crippen LogP contribution in [0.1, 0.15) is 11.5 Å². The van der Waals surface area contributed by atoms with E-state index in [-0.39, 0.29) is 0 Å². The molecule has 2 aromatic carbocycles. The Morgan fingerprint density at radius 1 is 0.917 bits per heavy atom. The zero-order chi connectivity index (χ0) is 16.9. The molecule has 3 aromatic rings. The van der Waals surface area contributed by atoms with Crippen molar-refractivity contribution in [3.05, 3.63) is 53.9 Å². The van der Waals surface area contributed by atoms with Gasteiger partial charge in [0.25, 0.3) is 0 Å². The van der Waals surface area contributed by atoms with Crippen LogP contribution >= 0.6 is 0 Å². The molecule has 1 heterocycles. The van der Waals surface area contributed by atoms with Gasteiger partial charge in [-0.2, -0.15) is 4.98 Å². The van der Waals surface area contributed by atoms with Gasteiger partial charge >= 0.3 is 0 Å². The smallest absolute Gasteiger partial charge is 0.231 e. The zero-order valence-corrected chi connectivity index (χ0v) is 13.8. The van der Waals surface area contributed by atoms with E-state index in [0.717, 1.165) is 16.9 Å². The lowest BCUT2D eigenvalue weighted by atomic mass is 10.1. The van der Waals surface area contributed by atoms with E-state index in [2.05, 4.69) is 10.1 Å².